The van der Waals surface area contributed by atoms with E-state index in [2.05, 4.69) is 13.8 Å². The molecule has 0 unspecified atom stereocenters. The first-order valence-electron chi connectivity index (χ1n) is 4.05. The maximum absolute atomic E-state index is 2.28. The predicted molar refractivity (Wildman–Crippen MR) is 45.2 cm³/mol. The quantitative estimate of drug-likeness (QED) is 0.444. The molecule has 0 rings (SSSR count). The van der Waals surface area contributed by atoms with Crippen molar-refractivity contribution in [2.75, 3.05) is 0 Å². The Morgan fingerprint density at radius 2 is 1.33 bits per heavy atom. The molecule has 0 fully saturated rings. The number of unbranched alkanes of at least 4 members (excludes halogenated alkanes) is 2. The molecule has 0 aromatic rings. The van der Waals surface area contributed by atoms with E-state index >= 15 is 0 Å². The Kier molecular flexibility index (Phi) is 9.09. The summed E-state index contributed by atoms with van der Waals surface area (Å²) in [5.41, 5.74) is 0. The maximum atomic E-state index is 2.28. The molecule has 55 valence electrons. The molecular formula is C8H18As. The van der Waals surface area contributed by atoms with Crippen LogP contribution in [0.4, 0.5) is 0 Å². The Hall–Kier alpha value is 0.558. The molecule has 0 bridgehead atoms. The Labute approximate surface area is 66.1 Å². The zero-order valence-electron chi connectivity index (χ0n) is 6.69. The molecule has 0 aliphatic carbocycles. The van der Waals surface area contributed by atoms with Crippen molar-refractivity contribution in [3.8, 4) is 0 Å². The van der Waals surface area contributed by atoms with Crippen LogP contribution in [0.1, 0.15) is 39.5 Å². The molecule has 0 aliphatic heterocycles. The van der Waals surface area contributed by atoms with Gasteiger partial charge in [-0.2, -0.15) is 0 Å². The van der Waals surface area contributed by atoms with Gasteiger partial charge in [-0.25, -0.2) is 0 Å². The van der Waals surface area contributed by atoms with Gasteiger partial charge in [0.25, 0.3) is 0 Å². The van der Waals surface area contributed by atoms with E-state index in [0.717, 1.165) is 15.8 Å². The van der Waals surface area contributed by atoms with Gasteiger partial charge in [-0.05, 0) is 0 Å². The molecule has 0 spiro atoms. The van der Waals surface area contributed by atoms with Gasteiger partial charge in [-0.3, -0.25) is 0 Å². The van der Waals surface area contributed by atoms with Gasteiger partial charge in [0.15, 0.2) is 0 Å². The summed E-state index contributed by atoms with van der Waals surface area (Å²) in [6.07, 6.45) is 5.73. The summed E-state index contributed by atoms with van der Waals surface area (Å²) in [6, 6.07) is 0. The molecule has 0 nitrogen and oxygen atoms in total. The number of hydrogen-bond donors (Lipinski definition) is 0. The zero-order valence-corrected chi connectivity index (χ0v) is 8.57. The normalized spacial score (nSPS) is 10.0. The zero-order chi connectivity index (χ0) is 6.95. The van der Waals surface area contributed by atoms with Crippen LogP contribution in [0.15, 0.2) is 0 Å². The van der Waals surface area contributed by atoms with Gasteiger partial charge >= 0.3 is 65.7 Å². The number of rotatable bonds is 6. The van der Waals surface area contributed by atoms with Crippen LogP contribution in [0, 0.1) is 0 Å². The van der Waals surface area contributed by atoms with Crippen molar-refractivity contribution < 1.29 is 0 Å². The van der Waals surface area contributed by atoms with E-state index in [1.165, 1.54) is 25.7 Å². The van der Waals surface area contributed by atoms with Crippen molar-refractivity contribution >= 4 is 15.8 Å². The van der Waals surface area contributed by atoms with E-state index in [9.17, 15) is 0 Å². The van der Waals surface area contributed by atoms with E-state index in [1.54, 1.807) is 10.4 Å². The molecule has 0 saturated carbocycles. The Balaban J connectivity index is 2.60. The van der Waals surface area contributed by atoms with E-state index in [0.29, 0.717) is 0 Å². The molecule has 1 heteroatoms. The van der Waals surface area contributed by atoms with Crippen LogP contribution < -0.4 is 0 Å². The van der Waals surface area contributed by atoms with Gasteiger partial charge in [0.05, 0.1) is 0 Å². The van der Waals surface area contributed by atoms with Gasteiger partial charge in [0.1, 0.15) is 0 Å². The molecule has 0 N–H and O–H groups in total. The molecule has 0 amide bonds. The molecule has 1 radical (unpaired) electrons. The Morgan fingerprint density at radius 3 is 1.67 bits per heavy atom. The SMILES string of the molecule is CCCC[As]CCCC. The van der Waals surface area contributed by atoms with Crippen LogP contribution in [0.5, 0.6) is 0 Å². The Morgan fingerprint density at radius 1 is 0.889 bits per heavy atom. The van der Waals surface area contributed by atoms with Crippen LogP contribution in [-0.2, 0) is 0 Å². The minimum atomic E-state index is 0.737. The molecular weight excluding hydrogens is 171 g/mol. The summed E-state index contributed by atoms with van der Waals surface area (Å²) < 4.78 is 0. The van der Waals surface area contributed by atoms with Gasteiger partial charge < -0.3 is 0 Å². The van der Waals surface area contributed by atoms with Crippen LogP contribution in [0.25, 0.3) is 0 Å². The predicted octanol–water partition coefficient (Wildman–Crippen LogP) is 3.13. The summed E-state index contributed by atoms with van der Waals surface area (Å²) in [5.74, 6) is 0. The van der Waals surface area contributed by atoms with E-state index in [4.69, 9.17) is 0 Å². The molecule has 9 heavy (non-hydrogen) atoms. The van der Waals surface area contributed by atoms with E-state index in [-0.39, 0.29) is 0 Å². The van der Waals surface area contributed by atoms with Crippen molar-refractivity contribution in [1.82, 2.24) is 0 Å². The minimum absolute atomic E-state index is 0.737. The molecule has 0 aromatic heterocycles. The number of hydrogen-bond acceptors (Lipinski definition) is 0. The van der Waals surface area contributed by atoms with Gasteiger partial charge in [-0.1, -0.05) is 0 Å². The van der Waals surface area contributed by atoms with Crippen LogP contribution in [0.2, 0.25) is 10.4 Å². The monoisotopic (exact) mass is 189 g/mol. The second-order valence-electron chi connectivity index (χ2n) is 2.38. The summed E-state index contributed by atoms with van der Waals surface area (Å²) >= 11 is 0.737. The summed E-state index contributed by atoms with van der Waals surface area (Å²) in [6.45, 7) is 4.56. The standard InChI is InChI=1S/C8H18As/c1-3-5-7-9-8-6-4-2/h3-8H2,1-2H3. The van der Waals surface area contributed by atoms with Crippen LogP contribution >= 0.6 is 0 Å². The van der Waals surface area contributed by atoms with Crippen molar-refractivity contribution in [2.45, 2.75) is 49.9 Å². The fourth-order valence-electron chi connectivity index (χ4n) is 0.652. The van der Waals surface area contributed by atoms with Crippen molar-refractivity contribution in [2.24, 2.45) is 0 Å². The molecule has 0 atom stereocenters. The van der Waals surface area contributed by atoms with Crippen molar-refractivity contribution in [3.63, 3.8) is 0 Å². The third-order valence-electron chi connectivity index (χ3n) is 1.34. The summed E-state index contributed by atoms with van der Waals surface area (Å²) in [5, 5.41) is 3.10. The first-order valence-corrected chi connectivity index (χ1v) is 6.70. The van der Waals surface area contributed by atoms with Crippen molar-refractivity contribution in [3.05, 3.63) is 0 Å². The average molecular weight is 189 g/mol. The van der Waals surface area contributed by atoms with E-state index in [1.807, 2.05) is 0 Å². The average Bonchev–Trinajstić information content (AvgIpc) is 1.89. The van der Waals surface area contributed by atoms with Crippen LogP contribution in [0.3, 0.4) is 0 Å². The third kappa shape index (κ3) is 8.56. The fourth-order valence-corrected chi connectivity index (χ4v) is 3.39. The van der Waals surface area contributed by atoms with Gasteiger partial charge in [-0.15, -0.1) is 0 Å². The second-order valence-corrected chi connectivity index (χ2v) is 5.19. The van der Waals surface area contributed by atoms with Gasteiger partial charge in [0, 0.05) is 0 Å². The molecule has 0 aliphatic rings. The molecule has 0 saturated heterocycles. The second kappa shape index (κ2) is 8.56. The van der Waals surface area contributed by atoms with E-state index < -0.39 is 0 Å². The molecule has 0 aromatic carbocycles. The topological polar surface area (TPSA) is 0 Å². The summed E-state index contributed by atoms with van der Waals surface area (Å²) in [4.78, 5) is 0. The van der Waals surface area contributed by atoms with Gasteiger partial charge in [0.2, 0.25) is 0 Å². The van der Waals surface area contributed by atoms with Crippen LogP contribution in [-0.4, -0.2) is 15.8 Å². The third-order valence-corrected chi connectivity index (χ3v) is 3.99. The molecule has 0 heterocycles. The van der Waals surface area contributed by atoms with Crippen molar-refractivity contribution in [1.29, 1.82) is 0 Å². The summed E-state index contributed by atoms with van der Waals surface area (Å²) in [7, 11) is 0. The Bertz CT molecular complexity index is 37.8. The first-order chi connectivity index (χ1) is 4.41. The first kappa shape index (κ1) is 9.56. The fraction of sp³-hybridized carbons (Fsp3) is 1.00.